The fourth-order valence-corrected chi connectivity index (χ4v) is 14.3. The number of likely N-dealkylation sites (tertiary alicyclic amines) is 2. The van der Waals surface area contributed by atoms with Crippen molar-refractivity contribution in [1.82, 2.24) is 67.5 Å². The van der Waals surface area contributed by atoms with E-state index < -0.39 is 150 Å². The van der Waals surface area contributed by atoms with Crippen molar-refractivity contribution in [3.8, 4) is 5.75 Å². The number of rotatable bonds is 40. The second-order valence-corrected chi connectivity index (χ2v) is 30.3. The van der Waals surface area contributed by atoms with Crippen LogP contribution in [0.25, 0.3) is 10.8 Å². The van der Waals surface area contributed by atoms with E-state index in [1.807, 2.05) is 42.5 Å². The molecule has 0 bridgehead atoms. The molecule has 2 saturated heterocycles. The molecule has 34 heteroatoms. The zero-order valence-corrected chi connectivity index (χ0v) is 65.7. The molecule has 8 rings (SSSR count). The van der Waals surface area contributed by atoms with Crippen molar-refractivity contribution in [2.75, 3.05) is 39.8 Å². The second-order valence-electron chi connectivity index (χ2n) is 29.9. The number of unbranched alkanes of at least 4 members (excludes halogenated alkanes) is 1. The number of fused-ring (bicyclic) bond motifs is 1. The van der Waals surface area contributed by atoms with Crippen molar-refractivity contribution in [2.24, 2.45) is 17.4 Å². The Labute approximate surface area is 671 Å². The van der Waals surface area contributed by atoms with Crippen molar-refractivity contribution in [3.05, 3.63) is 154 Å². The number of carbonyl (C=O) groups excluding carboxylic acids is 12. The molecule has 1 aliphatic carbocycles. The van der Waals surface area contributed by atoms with E-state index in [1.54, 1.807) is 50.2 Å². The van der Waals surface area contributed by atoms with Crippen LogP contribution in [0.15, 0.2) is 127 Å². The third-order valence-corrected chi connectivity index (χ3v) is 20.8. The Hall–Kier alpha value is -11.1. The van der Waals surface area contributed by atoms with Gasteiger partial charge in [0.25, 0.3) is 0 Å². The molecule has 115 heavy (non-hydrogen) atoms. The number of nitrogens with two attached hydrogens (primary N) is 2. The average Bonchev–Trinajstić information content (AvgIpc) is 1.69. The molecule has 5 aromatic rings. The molecule has 33 nitrogen and oxygen atoms in total. The van der Waals surface area contributed by atoms with Crippen molar-refractivity contribution in [2.45, 2.75) is 202 Å². The Balaban J connectivity index is 1.07. The summed E-state index contributed by atoms with van der Waals surface area (Å²) in [6.45, 7) is 4.23. The maximum Gasteiger partial charge on any atom is 0.247 e. The number of nitrogens with one attached hydrogen (secondary N) is 10. The third kappa shape index (κ3) is 26.5. The Morgan fingerprint density at radius 2 is 1.23 bits per heavy atom. The standard InChI is InChI=1S/C81H107ClN16O17/c1-46(2)36-59(73(108)91-58(18-12-33-88-81(84)85)80(115)98-35-13-19-63(98)76(111)89-47(3)70(83)105)92-72(107)57(17-7-9-32-87-71(106)54-42-66(101)69(104)67(102)43-54)90-77(112)64(40-49-24-29-56(100)30-25-49)96(4)79(114)62(45-99)95-75(110)61(39-51-14-11-31-86-44-51)93-74(109)60(38-48-22-27-55(82)28-23-48)94-78(113)65(97-34-10-8-20-68(97)103)41-50-21-26-52-15-5-6-16-53(52)37-50/h5-6,11,14-16,21-31,37,42,44,46-47,57-67,69,99-102,104H,7-10,12-13,17-20,32-36,38-41,43,45H2,1-4H3,(H2,83,105)(H,87,106)(H,89,111)(H,90,112)(H,91,108)(H,92,107)(H,93,109)(H,94,113)(H,95,110)(H4,84,85,88). The number of likely N-dealkylation sites (N-methyl/N-ethyl adjacent to an activating group) is 1. The molecule has 3 aliphatic rings. The average molecular weight is 1610 g/mol. The van der Waals surface area contributed by atoms with Crippen LogP contribution in [-0.2, 0) is 83.2 Å². The summed E-state index contributed by atoms with van der Waals surface area (Å²) in [6, 6.07) is 14.7. The highest BCUT2D eigenvalue weighted by atomic mass is 35.5. The normalized spacial score (nSPS) is 18.5. The van der Waals surface area contributed by atoms with E-state index in [0.29, 0.717) is 41.0 Å². The molecule has 2 aliphatic heterocycles. The second kappa shape index (κ2) is 43.4. The number of nitrogens with zero attached hydrogens (tertiary/aromatic N) is 4. The number of hydrogen-bond acceptors (Lipinski definition) is 19. The predicted molar refractivity (Wildman–Crippen MR) is 425 cm³/mol. The minimum absolute atomic E-state index is 0.00237. The summed E-state index contributed by atoms with van der Waals surface area (Å²) in [5.41, 5.74) is 13.1. The molecular weight excluding hydrogens is 1500 g/mol. The summed E-state index contributed by atoms with van der Waals surface area (Å²) >= 11 is 6.31. The number of amides is 12. The smallest absolute Gasteiger partial charge is 0.247 e. The van der Waals surface area contributed by atoms with Gasteiger partial charge in [0.05, 0.1) is 12.7 Å². The first-order valence-corrected chi connectivity index (χ1v) is 39.1. The summed E-state index contributed by atoms with van der Waals surface area (Å²) < 4.78 is 0. The van der Waals surface area contributed by atoms with Gasteiger partial charge in [-0.3, -0.25) is 67.9 Å². The lowest BCUT2D eigenvalue weighted by Gasteiger charge is -2.35. The van der Waals surface area contributed by atoms with E-state index >= 15 is 28.8 Å². The van der Waals surface area contributed by atoms with Crippen LogP contribution in [-0.4, -0.2) is 241 Å². The van der Waals surface area contributed by atoms with Gasteiger partial charge in [-0.15, -0.1) is 0 Å². The lowest BCUT2D eigenvalue weighted by molar-refractivity contribution is -0.144. The third-order valence-electron chi connectivity index (χ3n) is 20.6. The van der Waals surface area contributed by atoms with Gasteiger partial charge in [0.2, 0.25) is 70.9 Å². The van der Waals surface area contributed by atoms with Crippen molar-refractivity contribution in [3.63, 3.8) is 0 Å². The van der Waals surface area contributed by atoms with Gasteiger partial charge in [0.15, 0.2) is 5.96 Å². The Bertz CT molecular complexity index is 4270. The quantitative estimate of drug-likeness (QED) is 0.0139. The number of pyridine rings is 1. The number of primary amides is 1. The fourth-order valence-electron chi connectivity index (χ4n) is 14.1. The van der Waals surface area contributed by atoms with Crippen LogP contribution in [0, 0.1) is 11.3 Å². The number of halogens is 1. The lowest BCUT2D eigenvalue weighted by atomic mass is 9.92. The molecule has 19 N–H and O–H groups in total. The number of phenolic OH excluding ortho intramolecular Hbond substituents is 1. The number of aliphatic hydroxyl groups is 4. The van der Waals surface area contributed by atoms with Crippen molar-refractivity contribution < 1.29 is 83.1 Å². The number of carbonyl (C=O) groups is 12. The maximum absolute atomic E-state index is 15.4. The number of benzene rings is 4. The molecule has 4 aromatic carbocycles. The van der Waals surface area contributed by atoms with Gasteiger partial charge in [0, 0.05) is 94.7 Å². The number of aromatic hydroxyl groups is 1. The number of piperidine rings is 1. The zero-order chi connectivity index (χ0) is 83.6. The molecule has 0 saturated carbocycles. The van der Waals surface area contributed by atoms with Crippen LogP contribution in [0.3, 0.4) is 0 Å². The molecule has 2 fully saturated rings. The van der Waals surface area contributed by atoms with Crippen molar-refractivity contribution in [1.29, 1.82) is 5.41 Å². The van der Waals surface area contributed by atoms with Gasteiger partial charge >= 0.3 is 0 Å². The van der Waals surface area contributed by atoms with Crippen LogP contribution in [0.5, 0.6) is 5.75 Å². The van der Waals surface area contributed by atoms with Gasteiger partial charge in [-0.25, -0.2) is 0 Å². The predicted octanol–water partition coefficient (Wildman–Crippen LogP) is -0.0367. The number of phenols is 1. The van der Waals surface area contributed by atoms with Gasteiger partial charge < -0.3 is 99.6 Å². The highest BCUT2D eigenvalue weighted by molar-refractivity contribution is 6.30. The minimum Gasteiger partial charge on any atom is -0.508 e. The highest BCUT2D eigenvalue weighted by Gasteiger charge is 2.42. The minimum atomic E-state index is -1.87. The first kappa shape index (κ1) is 89.4. The SMILES string of the molecule is CC(C)CC(NC(=O)C(CCCCNC(=O)C1=CC(O)C(O)C(O)C1)NC(=O)C(Cc1ccc(O)cc1)N(C)C(=O)C(CO)NC(=O)C(Cc1cccnc1)NC(=O)C(Cc1ccc(Cl)cc1)NC(=O)C(Cc1ccc2ccccc2c1)N1CCCCC1=O)C(=O)NC(CCCNC(=N)N)C(=O)N1CCCC1C(=O)NC(C)C(N)=O. The molecule has 1 aromatic heterocycles. The molecule has 620 valence electrons. The number of aliphatic hydroxyl groups excluding tert-OH is 4. The van der Waals surface area contributed by atoms with Crippen LogP contribution in [0.2, 0.25) is 5.02 Å². The summed E-state index contributed by atoms with van der Waals surface area (Å²) in [5, 5.41) is 86.5. The molecule has 0 radical (unpaired) electrons. The molecule has 13 unspecified atom stereocenters. The Morgan fingerprint density at radius 1 is 0.626 bits per heavy atom. The van der Waals surface area contributed by atoms with E-state index in [9.17, 15) is 54.3 Å². The summed E-state index contributed by atoms with van der Waals surface area (Å²) in [7, 11) is 1.21. The van der Waals surface area contributed by atoms with Crippen LogP contribution < -0.4 is 59.3 Å². The Kier molecular flexibility index (Phi) is 33.7. The Morgan fingerprint density at radius 3 is 1.88 bits per heavy atom. The summed E-state index contributed by atoms with van der Waals surface area (Å²) in [6.07, 6.45) is 0.737. The van der Waals surface area contributed by atoms with E-state index in [0.717, 1.165) is 27.3 Å². The van der Waals surface area contributed by atoms with E-state index in [4.69, 9.17) is 28.5 Å². The highest BCUT2D eigenvalue weighted by Crippen LogP contribution is 2.26. The van der Waals surface area contributed by atoms with Crippen LogP contribution in [0.4, 0.5) is 0 Å². The van der Waals surface area contributed by atoms with Crippen LogP contribution >= 0.6 is 11.6 Å². The van der Waals surface area contributed by atoms with Gasteiger partial charge in [-0.1, -0.05) is 98.2 Å². The molecular formula is C81H107ClN16O17. The number of guanidine groups is 1. The molecule has 12 amide bonds. The van der Waals surface area contributed by atoms with Crippen molar-refractivity contribution >= 4 is 99.2 Å². The van der Waals surface area contributed by atoms with Gasteiger partial charge in [-0.05, 0) is 146 Å². The van der Waals surface area contributed by atoms with Crippen LogP contribution in [0.1, 0.15) is 120 Å². The topological polar surface area (TPSA) is 513 Å². The fraction of sp³-hybridized carbons (Fsp3) is 0.481. The summed E-state index contributed by atoms with van der Waals surface area (Å²) in [4.78, 5) is 181. The summed E-state index contributed by atoms with van der Waals surface area (Å²) in [5.74, 6) is -10.2. The van der Waals surface area contributed by atoms with E-state index in [1.165, 1.54) is 60.4 Å². The van der Waals surface area contributed by atoms with Gasteiger partial charge in [-0.2, -0.15) is 0 Å². The number of hydrogen-bond donors (Lipinski definition) is 17. The maximum atomic E-state index is 15.4. The van der Waals surface area contributed by atoms with E-state index in [-0.39, 0.29) is 139 Å². The van der Waals surface area contributed by atoms with E-state index in [2.05, 4.69) is 52.8 Å². The first-order valence-electron chi connectivity index (χ1n) is 38.8. The molecule has 13 atom stereocenters. The first-order chi connectivity index (χ1) is 54.9. The monoisotopic (exact) mass is 1610 g/mol. The largest absolute Gasteiger partial charge is 0.508 e. The van der Waals surface area contributed by atoms with Gasteiger partial charge in [0.1, 0.15) is 78.4 Å². The zero-order valence-electron chi connectivity index (χ0n) is 64.9. The molecule has 0 spiro atoms. The molecule has 3 heterocycles. The number of aromatic nitrogens is 1. The lowest BCUT2D eigenvalue weighted by Crippen LogP contribution is -2.62.